The normalized spacial score (nSPS) is 14.2. The van der Waals surface area contributed by atoms with E-state index in [-0.39, 0.29) is 30.0 Å². The minimum atomic E-state index is -0.310. The maximum atomic E-state index is 13.6. The lowest BCUT2D eigenvalue weighted by Crippen LogP contribution is -2.47. The smallest absolute Gasteiger partial charge is 0.222 e. The topological polar surface area (TPSA) is 51.2 Å². The lowest BCUT2D eigenvalue weighted by molar-refractivity contribution is -0.121. The summed E-state index contributed by atoms with van der Waals surface area (Å²) in [5, 5.41) is 3.03. The second kappa shape index (κ2) is 14.9. The predicted octanol–water partition coefficient (Wildman–Crippen LogP) is 7.55. The summed E-state index contributed by atoms with van der Waals surface area (Å²) in [6, 6.07) is 28.4. The van der Waals surface area contributed by atoms with Crippen LogP contribution in [0.15, 0.2) is 102 Å². The van der Waals surface area contributed by atoms with Gasteiger partial charge in [0, 0.05) is 31.4 Å². The van der Waals surface area contributed by atoms with Crippen molar-refractivity contribution in [1.82, 2.24) is 15.1 Å². The summed E-state index contributed by atoms with van der Waals surface area (Å²) in [5.74, 6) is 0.0962. The molecular formula is C37H41F2N5O. The molecule has 4 aromatic rings. The van der Waals surface area contributed by atoms with Crippen LogP contribution in [0.2, 0.25) is 0 Å². The first-order valence-corrected chi connectivity index (χ1v) is 15.5. The Morgan fingerprint density at radius 1 is 0.778 bits per heavy atom. The number of nitrogens with one attached hydrogen (secondary N) is 1. The Bertz CT molecular complexity index is 1590. The van der Waals surface area contributed by atoms with Crippen LogP contribution in [0, 0.1) is 11.6 Å². The van der Waals surface area contributed by atoms with Gasteiger partial charge in [0.1, 0.15) is 11.6 Å². The number of aliphatic imine (C=N–C) groups is 1. The van der Waals surface area contributed by atoms with E-state index in [1.807, 2.05) is 48.5 Å². The Balaban J connectivity index is 1.44. The Labute approximate surface area is 265 Å². The minimum Gasteiger partial charge on any atom is -0.352 e. The summed E-state index contributed by atoms with van der Waals surface area (Å²) in [6.07, 6.45) is 3.45. The highest BCUT2D eigenvalue weighted by Gasteiger charge is 2.34. The monoisotopic (exact) mass is 609 g/mol. The zero-order valence-corrected chi connectivity index (χ0v) is 26.2. The zero-order valence-electron chi connectivity index (χ0n) is 26.2. The molecule has 6 nitrogen and oxygen atoms in total. The molecule has 0 saturated heterocycles. The van der Waals surface area contributed by atoms with Gasteiger partial charge >= 0.3 is 0 Å². The van der Waals surface area contributed by atoms with Crippen molar-refractivity contribution in [2.24, 2.45) is 4.99 Å². The molecule has 0 bridgehead atoms. The van der Waals surface area contributed by atoms with Gasteiger partial charge in [0.2, 0.25) is 11.9 Å². The fourth-order valence-corrected chi connectivity index (χ4v) is 5.64. The first kappa shape index (κ1) is 31.9. The molecule has 1 aliphatic rings. The number of anilines is 1. The van der Waals surface area contributed by atoms with Crippen LogP contribution < -0.4 is 10.2 Å². The van der Waals surface area contributed by atoms with Gasteiger partial charge in [-0.1, -0.05) is 61.0 Å². The van der Waals surface area contributed by atoms with Crippen molar-refractivity contribution in [3.8, 4) is 11.1 Å². The molecule has 45 heavy (non-hydrogen) atoms. The van der Waals surface area contributed by atoms with Crippen LogP contribution in [0.4, 0.5) is 20.2 Å². The average molecular weight is 610 g/mol. The predicted molar refractivity (Wildman–Crippen MR) is 178 cm³/mol. The zero-order chi connectivity index (χ0) is 31.8. The number of hydrogen-bond acceptors (Lipinski definition) is 5. The summed E-state index contributed by atoms with van der Waals surface area (Å²) < 4.78 is 27.0. The quantitative estimate of drug-likeness (QED) is 0.169. The molecule has 0 radical (unpaired) electrons. The largest absolute Gasteiger partial charge is 0.352 e. The van der Waals surface area contributed by atoms with Gasteiger partial charge in [-0.3, -0.25) is 4.79 Å². The number of carbonyl (C=O) groups is 1. The Kier molecular flexibility index (Phi) is 10.6. The number of para-hydroxylation sites is 1. The number of carbonyl (C=O) groups excluding carboxylic acids is 1. The van der Waals surface area contributed by atoms with Crippen LogP contribution in [-0.4, -0.2) is 55.9 Å². The molecule has 1 N–H and O–H groups in total. The van der Waals surface area contributed by atoms with Crippen molar-refractivity contribution in [1.29, 1.82) is 0 Å². The molecule has 1 atom stereocenters. The molecule has 0 aliphatic carbocycles. The van der Waals surface area contributed by atoms with Crippen molar-refractivity contribution in [3.63, 3.8) is 0 Å². The van der Waals surface area contributed by atoms with Gasteiger partial charge < -0.3 is 20.0 Å². The molecule has 0 spiro atoms. The van der Waals surface area contributed by atoms with E-state index in [2.05, 4.69) is 41.2 Å². The number of halogens is 2. The maximum Gasteiger partial charge on any atom is 0.222 e. The van der Waals surface area contributed by atoms with Gasteiger partial charge in [-0.15, -0.1) is 0 Å². The standard InChI is InChI=1S/C37H41F2N5O/c1-42(2)23-7-4-8-24-43(3)37-41-34-10-6-5-9-33(34)35(25-36(45)40-26-27-11-17-30(38)18-12-27)44(37)32-21-15-29(16-22-32)28-13-19-31(39)20-14-28/h5-6,9-22,35H,4,7-8,23-26H2,1-3H3,(H,40,45). The second-order valence-corrected chi connectivity index (χ2v) is 11.8. The van der Waals surface area contributed by atoms with Crippen molar-refractivity contribution in [2.45, 2.75) is 38.3 Å². The van der Waals surface area contributed by atoms with Gasteiger partial charge in [-0.2, -0.15) is 0 Å². The number of guanidine groups is 1. The number of fused-ring (bicyclic) bond motifs is 1. The molecule has 4 aromatic carbocycles. The number of hydrogen-bond donors (Lipinski definition) is 1. The van der Waals surface area contributed by atoms with Crippen molar-refractivity contribution in [3.05, 3.63) is 120 Å². The summed E-state index contributed by atoms with van der Waals surface area (Å²) in [7, 11) is 6.25. The van der Waals surface area contributed by atoms with Gasteiger partial charge in [-0.05, 0) is 92.6 Å². The van der Waals surface area contributed by atoms with Crippen LogP contribution in [0.25, 0.3) is 11.1 Å². The number of rotatable bonds is 12. The van der Waals surface area contributed by atoms with E-state index in [0.29, 0.717) is 6.54 Å². The molecule has 0 fully saturated rings. The van der Waals surface area contributed by atoms with E-state index in [4.69, 9.17) is 4.99 Å². The highest BCUT2D eigenvalue weighted by molar-refractivity contribution is 6.01. The van der Waals surface area contributed by atoms with Crippen molar-refractivity contribution >= 4 is 23.2 Å². The highest BCUT2D eigenvalue weighted by Crippen LogP contribution is 2.40. The van der Waals surface area contributed by atoms with E-state index < -0.39 is 0 Å². The number of benzene rings is 4. The van der Waals surface area contributed by atoms with Crippen LogP contribution in [0.5, 0.6) is 0 Å². The van der Waals surface area contributed by atoms with E-state index in [1.165, 1.54) is 24.3 Å². The van der Waals surface area contributed by atoms with Crippen LogP contribution in [0.3, 0.4) is 0 Å². The van der Waals surface area contributed by atoms with E-state index >= 15 is 0 Å². The summed E-state index contributed by atoms with van der Waals surface area (Å²) >= 11 is 0. The van der Waals surface area contributed by atoms with Gasteiger partial charge in [0.05, 0.1) is 18.2 Å². The Morgan fingerprint density at radius 3 is 2.04 bits per heavy atom. The van der Waals surface area contributed by atoms with Crippen LogP contribution in [0.1, 0.15) is 42.9 Å². The molecule has 1 aliphatic heterocycles. The van der Waals surface area contributed by atoms with Crippen LogP contribution in [-0.2, 0) is 11.3 Å². The maximum absolute atomic E-state index is 13.6. The molecular weight excluding hydrogens is 568 g/mol. The number of amides is 1. The third-order valence-corrected chi connectivity index (χ3v) is 8.09. The number of nitrogens with zero attached hydrogens (tertiary/aromatic N) is 4. The molecule has 8 heteroatoms. The van der Waals surface area contributed by atoms with Gasteiger partial charge in [-0.25, -0.2) is 13.8 Å². The lowest BCUT2D eigenvalue weighted by atomic mass is 9.96. The first-order valence-electron chi connectivity index (χ1n) is 15.5. The molecule has 234 valence electrons. The molecule has 1 heterocycles. The summed E-state index contributed by atoms with van der Waals surface area (Å²) in [5.41, 5.74) is 5.45. The first-order chi connectivity index (χ1) is 21.8. The third kappa shape index (κ3) is 8.34. The molecule has 0 aromatic heterocycles. The van der Waals surface area contributed by atoms with Gasteiger partial charge in [0.15, 0.2) is 0 Å². The minimum absolute atomic E-state index is 0.111. The van der Waals surface area contributed by atoms with E-state index in [0.717, 1.165) is 71.9 Å². The van der Waals surface area contributed by atoms with E-state index in [9.17, 15) is 13.6 Å². The Hall–Kier alpha value is -4.56. The average Bonchev–Trinajstić information content (AvgIpc) is 3.04. The lowest BCUT2D eigenvalue weighted by Gasteiger charge is -2.41. The van der Waals surface area contributed by atoms with Crippen LogP contribution >= 0.6 is 0 Å². The SMILES string of the molecule is CN(C)CCCCCN(C)C1=Nc2ccccc2C(CC(=O)NCc2ccc(F)cc2)N1c1ccc(-c2ccc(F)cc2)cc1. The molecule has 1 unspecified atom stereocenters. The molecule has 0 saturated carbocycles. The van der Waals surface area contributed by atoms with Crippen molar-refractivity contribution in [2.75, 3.05) is 39.1 Å². The number of unbranched alkanes of at least 4 members (excludes halogenated alkanes) is 2. The van der Waals surface area contributed by atoms with Crippen molar-refractivity contribution < 1.29 is 13.6 Å². The highest BCUT2D eigenvalue weighted by atomic mass is 19.1. The summed E-state index contributed by atoms with van der Waals surface area (Å²) in [6.45, 7) is 2.19. The van der Waals surface area contributed by atoms with E-state index in [1.54, 1.807) is 24.3 Å². The second-order valence-electron chi connectivity index (χ2n) is 11.8. The fraction of sp³-hybridized carbons (Fsp3) is 0.297. The molecule has 5 rings (SSSR count). The third-order valence-electron chi connectivity index (χ3n) is 8.09. The van der Waals surface area contributed by atoms with Gasteiger partial charge in [0.25, 0.3) is 0 Å². The summed E-state index contributed by atoms with van der Waals surface area (Å²) in [4.78, 5) is 25.2. The fourth-order valence-electron chi connectivity index (χ4n) is 5.64. The Morgan fingerprint density at radius 2 is 1.38 bits per heavy atom. The molecule has 1 amide bonds.